The first-order chi connectivity index (χ1) is 15.1. The van der Waals surface area contributed by atoms with Gasteiger partial charge in [0, 0.05) is 11.6 Å². The Kier molecular flexibility index (Phi) is 5.43. The fourth-order valence-corrected chi connectivity index (χ4v) is 8.39. The van der Waals surface area contributed by atoms with E-state index in [2.05, 4.69) is 12.2 Å². The molecule has 4 aliphatic carbocycles. The topological polar surface area (TPSA) is 49.3 Å². The lowest BCUT2D eigenvalue weighted by atomic mass is 9.48. The van der Waals surface area contributed by atoms with Crippen molar-refractivity contribution in [1.29, 1.82) is 0 Å². The Labute approximate surface area is 190 Å². The van der Waals surface area contributed by atoms with Crippen molar-refractivity contribution in [3.05, 3.63) is 30.1 Å². The summed E-state index contributed by atoms with van der Waals surface area (Å²) in [6.07, 6.45) is 7.22. The molecule has 0 saturated heterocycles. The van der Waals surface area contributed by atoms with Crippen molar-refractivity contribution in [2.75, 3.05) is 11.9 Å². The van der Waals surface area contributed by atoms with Crippen LogP contribution in [0.15, 0.2) is 24.3 Å². The van der Waals surface area contributed by atoms with E-state index in [1.807, 2.05) is 6.92 Å². The van der Waals surface area contributed by atoms with Gasteiger partial charge in [0.15, 0.2) is 5.78 Å². The molecule has 0 aliphatic heterocycles. The highest BCUT2D eigenvalue weighted by atomic mass is 19.1. The molecule has 4 saturated carbocycles. The van der Waals surface area contributed by atoms with Crippen LogP contribution in [0.25, 0.3) is 0 Å². The molecular formula is C27H37F2NO2. The minimum Gasteiger partial charge on any atom is -0.390 e. The molecule has 0 spiro atoms. The number of hydrogen-bond donors (Lipinski definition) is 2. The van der Waals surface area contributed by atoms with E-state index in [1.165, 1.54) is 12.1 Å². The highest BCUT2D eigenvalue weighted by molar-refractivity contribution is 5.86. The predicted octanol–water partition coefficient (Wildman–Crippen LogP) is 5.92. The van der Waals surface area contributed by atoms with Gasteiger partial charge in [0.25, 0.3) is 0 Å². The minimum absolute atomic E-state index is 0.0155. The molecule has 0 radical (unpaired) electrons. The molecule has 1 aromatic rings. The van der Waals surface area contributed by atoms with Crippen LogP contribution in [-0.2, 0) is 4.79 Å². The Morgan fingerprint density at radius 2 is 1.78 bits per heavy atom. The molecule has 0 bridgehead atoms. The standard InChI is InChI=1S/C27H37F2NO2/c1-25(32)13-14-27(29)17(15-25)3-8-20-21-9-10-23(26(21,2)12-11-22(20)27)24(31)16-30-19-6-4-18(28)5-7-19/h4-7,17,20-23,30,32H,3,8-16H2,1-2H3/t17-,20-,21-,22-,23+,25+,26-,27+/m0/s1. The first kappa shape index (κ1) is 22.3. The number of carbonyl (C=O) groups excluding carboxylic acids is 1. The van der Waals surface area contributed by atoms with Gasteiger partial charge in [-0.15, -0.1) is 0 Å². The molecule has 32 heavy (non-hydrogen) atoms. The van der Waals surface area contributed by atoms with Crippen LogP contribution in [0, 0.1) is 40.8 Å². The second-order valence-corrected chi connectivity index (χ2v) is 11.8. The maximum absolute atomic E-state index is 16.5. The van der Waals surface area contributed by atoms with E-state index in [9.17, 15) is 14.3 Å². The van der Waals surface area contributed by atoms with Gasteiger partial charge in [-0.2, -0.15) is 0 Å². The number of carbonyl (C=O) groups is 1. The van der Waals surface area contributed by atoms with Gasteiger partial charge in [0.2, 0.25) is 0 Å². The summed E-state index contributed by atoms with van der Waals surface area (Å²) in [6, 6.07) is 6.12. The predicted molar refractivity (Wildman–Crippen MR) is 121 cm³/mol. The summed E-state index contributed by atoms with van der Waals surface area (Å²) < 4.78 is 29.6. The fraction of sp³-hybridized carbons (Fsp3) is 0.741. The normalized spacial score (nSPS) is 45.5. The van der Waals surface area contributed by atoms with E-state index in [-0.39, 0.29) is 41.3 Å². The largest absolute Gasteiger partial charge is 0.390 e. The van der Waals surface area contributed by atoms with Crippen LogP contribution in [0.5, 0.6) is 0 Å². The van der Waals surface area contributed by atoms with Crippen LogP contribution >= 0.6 is 0 Å². The highest BCUT2D eigenvalue weighted by Crippen LogP contribution is 2.66. The van der Waals surface area contributed by atoms with Gasteiger partial charge in [-0.3, -0.25) is 4.79 Å². The molecule has 0 heterocycles. The third-order valence-corrected chi connectivity index (χ3v) is 10.0. The number of rotatable bonds is 4. The maximum Gasteiger partial charge on any atom is 0.155 e. The van der Waals surface area contributed by atoms with E-state index >= 15 is 4.39 Å². The quantitative estimate of drug-likeness (QED) is 0.605. The Bertz CT molecular complexity index is 871. The van der Waals surface area contributed by atoms with Crippen LogP contribution in [-0.4, -0.2) is 28.7 Å². The summed E-state index contributed by atoms with van der Waals surface area (Å²) in [7, 11) is 0. The monoisotopic (exact) mass is 445 g/mol. The number of fused-ring (bicyclic) bond motifs is 5. The SMILES string of the molecule is C[C@@]1(O)CC[C@@]2(F)[C@@H](CC[C@H]3[C@@H]4CC[C@H](C(=O)CNc5ccc(F)cc5)[C@@]4(C)CC[C@@H]32)C1. The van der Waals surface area contributed by atoms with Gasteiger partial charge in [-0.1, -0.05) is 6.92 Å². The molecule has 2 N–H and O–H groups in total. The lowest BCUT2D eigenvalue weighted by molar-refractivity contribution is -0.165. The van der Waals surface area contributed by atoms with Crippen LogP contribution in [0.4, 0.5) is 14.5 Å². The molecular weight excluding hydrogens is 408 g/mol. The number of ketones is 1. The lowest BCUT2D eigenvalue weighted by Gasteiger charge is -2.59. The van der Waals surface area contributed by atoms with Crippen molar-refractivity contribution in [3.63, 3.8) is 0 Å². The Hall–Kier alpha value is -1.49. The summed E-state index contributed by atoms with van der Waals surface area (Å²) >= 11 is 0. The van der Waals surface area contributed by atoms with Crippen molar-refractivity contribution in [2.24, 2.45) is 35.0 Å². The lowest BCUT2D eigenvalue weighted by Crippen LogP contribution is -2.58. The van der Waals surface area contributed by atoms with Crippen LogP contribution < -0.4 is 5.32 Å². The zero-order valence-electron chi connectivity index (χ0n) is 19.4. The average Bonchev–Trinajstić information content (AvgIpc) is 3.11. The minimum atomic E-state index is -1.14. The smallest absolute Gasteiger partial charge is 0.155 e. The number of benzene rings is 1. The number of halogens is 2. The molecule has 1 aromatic carbocycles. The van der Waals surface area contributed by atoms with Crippen molar-refractivity contribution >= 4 is 11.5 Å². The van der Waals surface area contributed by atoms with Crippen molar-refractivity contribution in [2.45, 2.75) is 82.9 Å². The molecule has 4 aliphatic rings. The van der Waals surface area contributed by atoms with Crippen molar-refractivity contribution in [3.8, 4) is 0 Å². The Balaban J connectivity index is 1.28. The third kappa shape index (κ3) is 3.59. The average molecular weight is 446 g/mol. The second-order valence-electron chi connectivity index (χ2n) is 11.8. The number of alkyl halides is 1. The molecule has 5 rings (SSSR count). The van der Waals surface area contributed by atoms with Gasteiger partial charge < -0.3 is 10.4 Å². The third-order valence-electron chi connectivity index (χ3n) is 10.0. The van der Waals surface area contributed by atoms with Gasteiger partial charge in [0.05, 0.1) is 12.1 Å². The summed E-state index contributed by atoms with van der Waals surface area (Å²) in [5, 5.41) is 13.7. The maximum atomic E-state index is 16.5. The van der Waals surface area contributed by atoms with E-state index < -0.39 is 11.3 Å². The van der Waals surface area contributed by atoms with Crippen LogP contribution in [0.1, 0.15) is 71.6 Å². The van der Waals surface area contributed by atoms with Crippen LogP contribution in [0.2, 0.25) is 0 Å². The van der Waals surface area contributed by atoms with E-state index in [0.29, 0.717) is 31.1 Å². The molecule has 0 aromatic heterocycles. The second kappa shape index (κ2) is 7.78. The molecule has 5 heteroatoms. The highest BCUT2D eigenvalue weighted by Gasteiger charge is 2.63. The number of hydrogen-bond acceptors (Lipinski definition) is 3. The molecule has 176 valence electrons. The molecule has 0 amide bonds. The molecule has 8 atom stereocenters. The van der Waals surface area contributed by atoms with Crippen molar-refractivity contribution in [1.82, 2.24) is 0 Å². The number of nitrogens with one attached hydrogen (secondary N) is 1. The zero-order valence-corrected chi connectivity index (χ0v) is 19.4. The summed E-state index contributed by atoms with van der Waals surface area (Å²) in [4.78, 5) is 13.2. The first-order valence-corrected chi connectivity index (χ1v) is 12.6. The fourth-order valence-electron chi connectivity index (χ4n) is 8.39. The van der Waals surface area contributed by atoms with E-state index in [0.717, 1.165) is 44.2 Å². The van der Waals surface area contributed by atoms with Crippen LogP contribution in [0.3, 0.4) is 0 Å². The van der Waals surface area contributed by atoms with E-state index in [1.54, 1.807) is 12.1 Å². The van der Waals surface area contributed by atoms with Gasteiger partial charge in [-0.05, 0) is 118 Å². The molecule has 4 fully saturated rings. The Morgan fingerprint density at radius 1 is 1.03 bits per heavy atom. The number of anilines is 1. The molecule has 0 unspecified atom stereocenters. The summed E-state index contributed by atoms with van der Waals surface area (Å²) in [6.45, 7) is 4.41. The van der Waals surface area contributed by atoms with Gasteiger partial charge in [-0.25, -0.2) is 8.78 Å². The zero-order chi connectivity index (χ0) is 22.7. The summed E-state index contributed by atoms with van der Waals surface area (Å²) in [5.41, 5.74) is -1.15. The van der Waals surface area contributed by atoms with Crippen molar-refractivity contribution < 1.29 is 18.7 Å². The van der Waals surface area contributed by atoms with Gasteiger partial charge >= 0.3 is 0 Å². The Morgan fingerprint density at radius 3 is 2.53 bits per heavy atom. The molecule has 3 nitrogen and oxygen atoms in total. The first-order valence-electron chi connectivity index (χ1n) is 12.6. The van der Waals surface area contributed by atoms with E-state index in [4.69, 9.17) is 0 Å². The van der Waals surface area contributed by atoms with Gasteiger partial charge in [0.1, 0.15) is 11.5 Å². The number of Topliss-reactive ketones (excluding diaryl/α,β-unsaturated/α-hetero) is 1. The number of aliphatic hydroxyl groups is 1. The summed E-state index contributed by atoms with van der Waals surface area (Å²) in [5.74, 6) is 0.804.